The van der Waals surface area contributed by atoms with Gasteiger partial charge in [0, 0.05) is 18.3 Å². The molecule has 39 heavy (non-hydrogen) atoms. The molecule has 0 saturated heterocycles. The molecular formula is C28H23NO10. The van der Waals surface area contributed by atoms with E-state index in [0.29, 0.717) is 5.56 Å². The van der Waals surface area contributed by atoms with Gasteiger partial charge in [-0.2, -0.15) is 0 Å². The molecule has 4 atom stereocenters. The lowest BCUT2D eigenvalue weighted by Crippen LogP contribution is -2.63. The number of carbonyl (C=O) groups excluding carboxylic acids is 4. The van der Waals surface area contributed by atoms with E-state index in [2.05, 4.69) is 0 Å². The largest absolute Gasteiger partial charge is 0.508 e. The SMILES string of the molecule is COC(=O)c1ccc(/C=C2\c3cccc(O)c3C(O)=C3C(=O)C4(O)C(O)=C(C(N)=O)C(=O)CC4C(O)C32)cc1. The highest BCUT2D eigenvalue weighted by atomic mass is 16.5. The Labute approximate surface area is 220 Å². The van der Waals surface area contributed by atoms with Gasteiger partial charge in [-0.15, -0.1) is 0 Å². The molecule has 11 heteroatoms. The maximum Gasteiger partial charge on any atom is 0.337 e. The third-order valence-corrected chi connectivity index (χ3v) is 7.55. The Morgan fingerprint density at radius 2 is 1.74 bits per heavy atom. The minimum atomic E-state index is -2.94. The van der Waals surface area contributed by atoms with E-state index in [-0.39, 0.29) is 22.3 Å². The van der Waals surface area contributed by atoms with Crippen molar-refractivity contribution in [2.75, 3.05) is 7.11 Å². The first-order valence-electron chi connectivity index (χ1n) is 11.8. The van der Waals surface area contributed by atoms with Crippen LogP contribution in [-0.2, 0) is 19.1 Å². The number of nitrogens with two attached hydrogens (primary N) is 1. The molecule has 0 heterocycles. The number of rotatable bonds is 3. The topological polar surface area (TPSA) is 205 Å². The summed E-state index contributed by atoms with van der Waals surface area (Å²) in [6, 6.07) is 10.4. The second-order valence-corrected chi connectivity index (χ2v) is 9.56. The van der Waals surface area contributed by atoms with E-state index in [9.17, 15) is 44.7 Å². The van der Waals surface area contributed by atoms with Crippen LogP contribution in [0.15, 0.2) is 59.4 Å². The average molecular weight is 533 g/mol. The molecule has 0 radical (unpaired) electrons. The van der Waals surface area contributed by atoms with Crippen LogP contribution < -0.4 is 5.73 Å². The van der Waals surface area contributed by atoms with Crippen molar-refractivity contribution >= 4 is 40.9 Å². The zero-order valence-corrected chi connectivity index (χ0v) is 20.4. The Bertz CT molecular complexity index is 1570. The molecule has 1 amide bonds. The number of methoxy groups -OCH3 is 1. The Morgan fingerprint density at radius 1 is 1.08 bits per heavy atom. The standard InChI is InChI=1S/C28H23NO10/c1-39-27(37)12-7-5-11(6-8-12)9-14-13-3-2-4-16(30)18(13)23(33)21-19(14)22(32)15-10-17(31)20(26(29)36)24(34)28(15,38)25(21)35/h2-9,15,19,22,30,32-34,38H,10H2,1H3,(H2,29,36)/b14-9+. The molecule has 3 aliphatic rings. The molecule has 11 nitrogen and oxygen atoms in total. The molecule has 0 bridgehead atoms. The zero-order valence-electron chi connectivity index (χ0n) is 20.4. The number of phenolic OH excluding ortho intramolecular Hbond substituents is 1. The molecule has 200 valence electrons. The number of aliphatic hydroxyl groups is 4. The fraction of sp³-hybridized carbons (Fsp3) is 0.214. The van der Waals surface area contributed by atoms with E-state index in [4.69, 9.17) is 10.5 Å². The van der Waals surface area contributed by atoms with Crippen molar-refractivity contribution in [2.45, 2.75) is 18.1 Å². The molecule has 7 N–H and O–H groups in total. The van der Waals surface area contributed by atoms with Crippen molar-refractivity contribution in [3.05, 3.63) is 81.6 Å². The minimum Gasteiger partial charge on any atom is -0.508 e. The van der Waals surface area contributed by atoms with Crippen LogP contribution in [0.5, 0.6) is 5.75 Å². The van der Waals surface area contributed by atoms with Crippen molar-refractivity contribution < 1.29 is 49.4 Å². The number of aromatic hydroxyl groups is 1. The number of hydrogen-bond donors (Lipinski definition) is 6. The lowest BCUT2D eigenvalue weighted by molar-refractivity contribution is -0.157. The second-order valence-electron chi connectivity index (χ2n) is 9.56. The minimum absolute atomic E-state index is 0.158. The zero-order chi connectivity index (χ0) is 28.4. The molecular weight excluding hydrogens is 510 g/mol. The number of phenols is 1. The first kappa shape index (κ1) is 25.9. The number of carbonyl (C=O) groups is 4. The number of esters is 1. The molecule has 0 aliphatic heterocycles. The first-order valence-corrected chi connectivity index (χ1v) is 11.8. The van der Waals surface area contributed by atoms with Crippen LogP contribution in [0, 0.1) is 11.8 Å². The predicted octanol–water partition coefficient (Wildman–Crippen LogP) is 1.18. The number of ketones is 2. The van der Waals surface area contributed by atoms with Gasteiger partial charge in [0.05, 0.1) is 29.9 Å². The Kier molecular flexibility index (Phi) is 5.93. The van der Waals surface area contributed by atoms with Crippen molar-refractivity contribution in [3.8, 4) is 5.75 Å². The van der Waals surface area contributed by atoms with E-state index >= 15 is 0 Å². The van der Waals surface area contributed by atoms with Gasteiger partial charge >= 0.3 is 5.97 Å². The number of ether oxygens (including phenoxy) is 1. The van der Waals surface area contributed by atoms with Crippen LogP contribution in [0.3, 0.4) is 0 Å². The normalized spacial score (nSPS) is 27.2. The van der Waals surface area contributed by atoms with E-state index < -0.39 is 81.8 Å². The monoisotopic (exact) mass is 533 g/mol. The van der Waals surface area contributed by atoms with Crippen molar-refractivity contribution in [2.24, 2.45) is 17.6 Å². The number of hydrogen-bond acceptors (Lipinski definition) is 10. The summed E-state index contributed by atoms with van der Waals surface area (Å²) in [6.07, 6.45) is -0.849. The number of fused-ring (bicyclic) bond motifs is 3. The van der Waals surface area contributed by atoms with Gasteiger partial charge in [-0.05, 0) is 34.9 Å². The average Bonchev–Trinajstić information content (AvgIpc) is 2.90. The molecule has 2 aromatic rings. The Hall–Kier alpha value is -4.74. The van der Waals surface area contributed by atoms with Crippen LogP contribution in [0.25, 0.3) is 17.4 Å². The summed E-state index contributed by atoms with van der Waals surface area (Å²) in [7, 11) is 1.24. The quantitative estimate of drug-likeness (QED) is 0.245. The molecule has 5 rings (SSSR count). The van der Waals surface area contributed by atoms with E-state index in [1.807, 2.05) is 0 Å². The van der Waals surface area contributed by atoms with Crippen LogP contribution in [-0.4, -0.2) is 67.8 Å². The summed E-state index contributed by atoms with van der Waals surface area (Å²) in [5.41, 5.74) is 1.90. The van der Waals surface area contributed by atoms with Gasteiger partial charge in [-0.25, -0.2) is 4.79 Å². The third kappa shape index (κ3) is 3.58. The Morgan fingerprint density at radius 3 is 2.36 bits per heavy atom. The van der Waals surface area contributed by atoms with E-state index in [0.717, 1.165) is 0 Å². The van der Waals surface area contributed by atoms with Crippen molar-refractivity contribution in [3.63, 3.8) is 0 Å². The summed E-state index contributed by atoms with van der Waals surface area (Å²) in [6.45, 7) is 0. The predicted molar refractivity (Wildman–Crippen MR) is 135 cm³/mol. The number of Topliss-reactive ketones (excluding diaryl/α,β-unsaturated/α-hetero) is 2. The maximum atomic E-state index is 13.8. The summed E-state index contributed by atoms with van der Waals surface area (Å²) >= 11 is 0. The highest BCUT2D eigenvalue weighted by molar-refractivity contribution is 6.23. The molecule has 1 fully saturated rings. The fourth-order valence-corrected chi connectivity index (χ4v) is 5.70. The summed E-state index contributed by atoms with van der Waals surface area (Å²) in [5, 5.41) is 55.5. The smallest absolute Gasteiger partial charge is 0.337 e. The molecule has 4 unspecified atom stereocenters. The third-order valence-electron chi connectivity index (χ3n) is 7.55. The van der Waals surface area contributed by atoms with Crippen molar-refractivity contribution in [1.82, 2.24) is 0 Å². The summed E-state index contributed by atoms with van der Waals surface area (Å²) in [5.74, 6) is -9.50. The van der Waals surface area contributed by atoms with E-state index in [1.54, 1.807) is 24.3 Å². The van der Waals surface area contributed by atoms with E-state index in [1.165, 1.54) is 31.4 Å². The van der Waals surface area contributed by atoms with Crippen LogP contribution in [0.2, 0.25) is 0 Å². The van der Waals surface area contributed by atoms with Gasteiger partial charge < -0.3 is 36.0 Å². The first-order chi connectivity index (χ1) is 18.4. The molecule has 1 saturated carbocycles. The Balaban J connectivity index is 1.76. The van der Waals surface area contributed by atoms with Crippen LogP contribution in [0.4, 0.5) is 0 Å². The number of aliphatic hydroxyl groups excluding tert-OH is 3. The molecule has 3 aliphatic carbocycles. The molecule has 0 spiro atoms. The summed E-state index contributed by atoms with van der Waals surface area (Å²) < 4.78 is 4.70. The lowest BCUT2D eigenvalue weighted by Gasteiger charge is -2.49. The van der Waals surface area contributed by atoms with Crippen molar-refractivity contribution in [1.29, 1.82) is 0 Å². The number of amides is 1. The highest BCUT2D eigenvalue weighted by Crippen LogP contribution is 2.55. The van der Waals surface area contributed by atoms with Gasteiger partial charge in [-0.1, -0.05) is 30.3 Å². The fourth-order valence-electron chi connectivity index (χ4n) is 5.70. The summed E-state index contributed by atoms with van der Waals surface area (Å²) in [4.78, 5) is 50.1. The molecule has 2 aromatic carbocycles. The van der Waals surface area contributed by atoms with Crippen LogP contribution >= 0.6 is 0 Å². The van der Waals surface area contributed by atoms with Gasteiger partial charge in [0.25, 0.3) is 5.91 Å². The van der Waals surface area contributed by atoms with Gasteiger partial charge in [0.1, 0.15) is 22.8 Å². The maximum absolute atomic E-state index is 13.8. The lowest BCUT2D eigenvalue weighted by atomic mass is 9.56. The van der Waals surface area contributed by atoms with Gasteiger partial charge in [0.2, 0.25) is 5.78 Å². The second kappa shape index (κ2) is 8.93. The number of primary amides is 1. The molecule has 0 aromatic heterocycles. The highest BCUT2D eigenvalue weighted by Gasteiger charge is 2.64. The van der Waals surface area contributed by atoms with Gasteiger partial charge in [0.15, 0.2) is 11.4 Å². The van der Waals surface area contributed by atoms with Gasteiger partial charge in [-0.3, -0.25) is 14.4 Å². The number of benzene rings is 2. The van der Waals surface area contributed by atoms with Crippen LogP contribution in [0.1, 0.15) is 33.5 Å².